The summed E-state index contributed by atoms with van der Waals surface area (Å²) < 4.78 is 7.95. The Morgan fingerprint density at radius 1 is 1.29 bits per heavy atom. The third kappa shape index (κ3) is 7.21. The van der Waals surface area contributed by atoms with E-state index in [1.165, 1.54) is 12.0 Å². The number of aromatic nitrogens is 3. The molecular weight excluding hydrogens is 352 g/mol. The van der Waals surface area contributed by atoms with Gasteiger partial charge in [0.15, 0.2) is 11.8 Å². The third-order valence-corrected chi connectivity index (χ3v) is 4.38. The highest BCUT2D eigenvalue weighted by Gasteiger charge is 2.07. The Labute approximate surface area is 168 Å². The molecule has 0 saturated carbocycles. The summed E-state index contributed by atoms with van der Waals surface area (Å²) in [4.78, 5) is 4.72. The van der Waals surface area contributed by atoms with Crippen molar-refractivity contribution in [2.24, 2.45) is 18.0 Å². The van der Waals surface area contributed by atoms with E-state index in [1.54, 1.807) is 6.33 Å². The van der Waals surface area contributed by atoms with Gasteiger partial charge in [0, 0.05) is 19.2 Å². The average molecular weight is 387 g/mol. The minimum atomic E-state index is 0.550. The fourth-order valence-electron chi connectivity index (χ4n) is 2.74. The highest BCUT2D eigenvalue weighted by molar-refractivity contribution is 5.79. The molecule has 0 atom stereocenters. The van der Waals surface area contributed by atoms with E-state index in [2.05, 4.69) is 66.7 Å². The van der Waals surface area contributed by atoms with Gasteiger partial charge < -0.3 is 19.9 Å². The lowest BCUT2D eigenvalue weighted by atomic mass is 10.1. The molecule has 7 heteroatoms. The van der Waals surface area contributed by atoms with Crippen molar-refractivity contribution in [2.45, 2.75) is 53.6 Å². The van der Waals surface area contributed by atoms with Crippen LogP contribution < -0.4 is 15.4 Å². The number of aryl methyl sites for hydroxylation is 2. The van der Waals surface area contributed by atoms with E-state index in [0.29, 0.717) is 19.0 Å². The minimum absolute atomic E-state index is 0.550. The van der Waals surface area contributed by atoms with Crippen LogP contribution in [0.2, 0.25) is 0 Å². The van der Waals surface area contributed by atoms with Crippen molar-refractivity contribution in [3.63, 3.8) is 0 Å². The summed E-state index contributed by atoms with van der Waals surface area (Å²) in [5.74, 6) is 3.23. The van der Waals surface area contributed by atoms with Gasteiger partial charge in [-0.2, -0.15) is 0 Å². The van der Waals surface area contributed by atoms with Crippen molar-refractivity contribution in [1.29, 1.82) is 0 Å². The zero-order chi connectivity index (χ0) is 20.4. The first-order valence-electron chi connectivity index (χ1n) is 10.1. The number of hydrogen-bond acceptors (Lipinski definition) is 4. The second-order valence-corrected chi connectivity index (χ2v) is 7.40. The van der Waals surface area contributed by atoms with Crippen molar-refractivity contribution in [2.75, 3.05) is 13.2 Å². The van der Waals surface area contributed by atoms with Crippen LogP contribution >= 0.6 is 0 Å². The third-order valence-electron chi connectivity index (χ3n) is 4.38. The maximum atomic E-state index is 6.06. The number of nitrogens with zero attached hydrogens (tertiary/aromatic N) is 4. The Bertz CT molecular complexity index is 753. The van der Waals surface area contributed by atoms with Gasteiger partial charge in [-0.05, 0) is 44.2 Å². The predicted octanol–water partition coefficient (Wildman–Crippen LogP) is 3.19. The van der Waals surface area contributed by atoms with Crippen LogP contribution in [0.25, 0.3) is 0 Å². The molecule has 0 spiro atoms. The summed E-state index contributed by atoms with van der Waals surface area (Å²) in [6.45, 7) is 11.3. The molecule has 2 aromatic rings. The summed E-state index contributed by atoms with van der Waals surface area (Å²) in [7, 11) is 1.93. The van der Waals surface area contributed by atoms with Crippen LogP contribution in [0.3, 0.4) is 0 Å². The van der Waals surface area contributed by atoms with Crippen LogP contribution in [0.15, 0.2) is 29.5 Å². The van der Waals surface area contributed by atoms with Crippen LogP contribution in [-0.4, -0.2) is 33.9 Å². The molecule has 0 radical (unpaired) electrons. The van der Waals surface area contributed by atoms with Crippen LogP contribution in [0.4, 0.5) is 0 Å². The summed E-state index contributed by atoms with van der Waals surface area (Å²) in [6, 6.07) is 6.30. The fourth-order valence-corrected chi connectivity index (χ4v) is 2.74. The minimum Gasteiger partial charge on any atom is -0.493 e. The maximum absolute atomic E-state index is 6.06. The molecule has 0 fully saturated rings. The summed E-state index contributed by atoms with van der Waals surface area (Å²) in [6.07, 6.45) is 3.93. The molecule has 154 valence electrons. The molecular formula is C21H34N6O. The Balaban J connectivity index is 2.00. The van der Waals surface area contributed by atoms with E-state index in [-0.39, 0.29) is 0 Å². The highest BCUT2D eigenvalue weighted by atomic mass is 16.5. The van der Waals surface area contributed by atoms with Crippen LogP contribution in [-0.2, 0) is 20.1 Å². The van der Waals surface area contributed by atoms with E-state index in [1.807, 2.05) is 11.6 Å². The Hall–Kier alpha value is -2.57. The number of nitrogens with one attached hydrogen (secondary N) is 2. The first-order valence-corrected chi connectivity index (χ1v) is 10.1. The molecule has 0 unspecified atom stereocenters. The van der Waals surface area contributed by atoms with Gasteiger partial charge >= 0.3 is 0 Å². The van der Waals surface area contributed by atoms with Gasteiger partial charge in [0.2, 0.25) is 0 Å². The Morgan fingerprint density at radius 2 is 2.11 bits per heavy atom. The average Bonchev–Trinajstić information content (AvgIpc) is 3.07. The first kappa shape index (κ1) is 21.7. The van der Waals surface area contributed by atoms with Crippen molar-refractivity contribution in [3.05, 3.63) is 41.5 Å². The van der Waals surface area contributed by atoms with Crippen LogP contribution in [0.1, 0.15) is 50.6 Å². The molecule has 2 rings (SSSR count). The standard InChI is InChI=1S/C21H34N6O/c1-6-22-21(24-14-20-26-25-15-27(20)5)23-13-18-10-9-17(4)12-19(18)28-11-7-8-16(2)3/h9-10,12,15-16H,6-8,11,13-14H2,1-5H3,(H2,22,23,24). The Morgan fingerprint density at radius 3 is 2.79 bits per heavy atom. The van der Waals surface area contributed by atoms with Gasteiger partial charge in [-0.15, -0.1) is 10.2 Å². The number of rotatable bonds is 10. The van der Waals surface area contributed by atoms with Gasteiger partial charge in [0.25, 0.3) is 0 Å². The molecule has 0 bridgehead atoms. The van der Waals surface area contributed by atoms with E-state index < -0.39 is 0 Å². The molecule has 0 saturated heterocycles. The summed E-state index contributed by atoms with van der Waals surface area (Å²) >= 11 is 0. The highest BCUT2D eigenvalue weighted by Crippen LogP contribution is 2.22. The van der Waals surface area contributed by atoms with E-state index >= 15 is 0 Å². The number of ether oxygens (including phenoxy) is 1. The van der Waals surface area contributed by atoms with E-state index in [9.17, 15) is 0 Å². The largest absolute Gasteiger partial charge is 0.493 e. The van der Waals surface area contributed by atoms with Crippen LogP contribution in [0, 0.1) is 12.8 Å². The van der Waals surface area contributed by atoms with Crippen LogP contribution in [0.5, 0.6) is 5.75 Å². The second-order valence-electron chi connectivity index (χ2n) is 7.40. The number of aliphatic imine (C=N–C) groups is 1. The molecule has 1 aromatic carbocycles. The zero-order valence-corrected chi connectivity index (χ0v) is 17.8. The smallest absolute Gasteiger partial charge is 0.191 e. The van der Waals surface area contributed by atoms with Gasteiger partial charge in [0.1, 0.15) is 12.1 Å². The molecule has 1 aromatic heterocycles. The van der Waals surface area contributed by atoms with Gasteiger partial charge in [-0.1, -0.05) is 26.0 Å². The molecule has 0 amide bonds. The lowest BCUT2D eigenvalue weighted by Gasteiger charge is -2.14. The monoisotopic (exact) mass is 386 g/mol. The zero-order valence-electron chi connectivity index (χ0n) is 17.8. The molecule has 0 aliphatic rings. The Kier molecular flexibility index (Phi) is 8.78. The maximum Gasteiger partial charge on any atom is 0.191 e. The lowest BCUT2D eigenvalue weighted by Crippen LogP contribution is -2.37. The number of hydrogen-bond donors (Lipinski definition) is 2. The number of benzene rings is 1. The van der Waals surface area contributed by atoms with Crippen molar-refractivity contribution in [1.82, 2.24) is 25.4 Å². The van der Waals surface area contributed by atoms with Crippen molar-refractivity contribution >= 4 is 5.96 Å². The molecule has 1 heterocycles. The predicted molar refractivity (Wildman–Crippen MR) is 113 cm³/mol. The summed E-state index contributed by atoms with van der Waals surface area (Å²) in [5.41, 5.74) is 2.28. The van der Waals surface area contributed by atoms with Crippen molar-refractivity contribution in [3.8, 4) is 5.75 Å². The SMILES string of the molecule is CCNC(=NCc1ccc(C)cc1OCCCC(C)C)NCc1nncn1C. The fraction of sp³-hybridized carbons (Fsp3) is 0.571. The normalized spacial score (nSPS) is 11.7. The first-order chi connectivity index (χ1) is 13.5. The van der Waals surface area contributed by atoms with Gasteiger partial charge in [-0.25, -0.2) is 4.99 Å². The van der Waals surface area contributed by atoms with Gasteiger partial charge in [0.05, 0.1) is 19.7 Å². The van der Waals surface area contributed by atoms with E-state index in [0.717, 1.165) is 42.7 Å². The molecule has 0 aliphatic carbocycles. The second kappa shape index (κ2) is 11.3. The van der Waals surface area contributed by atoms with Gasteiger partial charge in [-0.3, -0.25) is 0 Å². The lowest BCUT2D eigenvalue weighted by molar-refractivity contribution is 0.295. The molecule has 0 aliphatic heterocycles. The van der Waals surface area contributed by atoms with E-state index in [4.69, 9.17) is 9.73 Å². The molecule has 7 nitrogen and oxygen atoms in total. The van der Waals surface area contributed by atoms with Crippen molar-refractivity contribution < 1.29 is 4.74 Å². The summed E-state index contributed by atoms with van der Waals surface area (Å²) in [5, 5.41) is 14.6. The quantitative estimate of drug-likeness (QED) is 0.373. The molecule has 28 heavy (non-hydrogen) atoms. The topological polar surface area (TPSA) is 76.4 Å². The number of guanidine groups is 1. The molecule has 2 N–H and O–H groups in total.